The number of anilines is 1. The highest BCUT2D eigenvalue weighted by Crippen LogP contribution is 2.40. The third-order valence-electron chi connectivity index (χ3n) is 5.76. The van der Waals surface area contributed by atoms with E-state index in [4.69, 9.17) is 4.74 Å². The van der Waals surface area contributed by atoms with Gasteiger partial charge in [0.2, 0.25) is 0 Å². The first kappa shape index (κ1) is 17.7. The zero-order chi connectivity index (χ0) is 20.9. The van der Waals surface area contributed by atoms with E-state index in [0.717, 1.165) is 28.8 Å². The Bertz CT molecular complexity index is 1270. The predicted octanol–water partition coefficient (Wildman–Crippen LogP) is 1.48. The number of aryl methyl sites for hydroxylation is 1. The Morgan fingerprint density at radius 2 is 2.06 bits per heavy atom. The van der Waals surface area contributed by atoms with Crippen LogP contribution in [0.5, 0.6) is 0 Å². The maximum Gasteiger partial charge on any atom is 0.415 e. The number of benzene rings is 1. The van der Waals surface area contributed by atoms with Crippen LogP contribution < -0.4 is 4.90 Å². The van der Waals surface area contributed by atoms with Gasteiger partial charge in [0.15, 0.2) is 5.82 Å². The number of cyclic esters (lactones) is 1. The van der Waals surface area contributed by atoms with Crippen LogP contribution in [0.15, 0.2) is 48.9 Å². The number of hydrogen-bond acceptors (Lipinski definition) is 8. The molecule has 0 N–H and O–H groups in total. The molecule has 6 rings (SSSR count). The first-order valence-electron chi connectivity index (χ1n) is 9.83. The first-order chi connectivity index (χ1) is 15.2. The normalized spacial score (nSPS) is 19.4. The lowest BCUT2D eigenvalue weighted by Gasteiger charge is -2.16. The molecule has 1 amide bonds. The fourth-order valence-corrected chi connectivity index (χ4v) is 4.27. The van der Waals surface area contributed by atoms with E-state index in [1.54, 1.807) is 33.7 Å². The van der Waals surface area contributed by atoms with Gasteiger partial charge in [0.1, 0.15) is 11.8 Å². The number of nitrogens with zero attached hydrogens (tertiary/aromatic N) is 9. The van der Waals surface area contributed by atoms with Gasteiger partial charge in [-0.1, -0.05) is 17.3 Å². The van der Waals surface area contributed by atoms with Crippen molar-refractivity contribution < 1.29 is 9.53 Å². The summed E-state index contributed by atoms with van der Waals surface area (Å²) >= 11 is 0. The maximum absolute atomic E-state index is 12.5. The largest absolute Gasteiger partial charge is 0.442 e. The average molecular weight is 415 g/mol. The van der Waals surface area contributed by atoms with Crippen LogP contribution in [0, 0.1) is 0 Å². The zero-order valence-electron chi connectivity index (χ0n) is 16.5. The number of fused-ring (bicyclic) bond motifs is 3. The molecule has 0 bridgehead atoms. The van der Waals surface area contributed by atoms with Gasteiger partial charge in [0.05, 0.1) is 24.5 Å². The Morgan fingerprint density at radius 3 is 2.81 bits per heavy atom. The van der Waals surface area contributed by atoms with Gasteiger partial charge in [-0.2, -0.15) is 0 Å². The number of carbonyl (C=O) groups excluding carboxylic acids is 1. The van der Waals surface area contributed by atoms with Gasteiger partial charge in [0, 0.05) is 25.0 Å². The highest BCUT2D eigenvalue weighted by atomic mass is 16.6. The maximum atomic E-state index is 12.5. The lowest BCUT2D eigenvalue weighted by molar-refractivity contribution is 0.117. The lowest BCUT2D eigenvalue weighted by atomic mass is 10.0. The van der Waals surface area contributed by atoms with Gasteiger partial charge >= 0.3 is 6.09 Å². The molecular weight excluding hydrogens is 398 g/mol. The lowest BCUT2D eigenvalue weighted by Crippen LogP contribution is -2.35. The molecule has 31 heavy (non-hydrogen) atoms. The second kappa shape index (κ2) is 6.69. The molecule has 0 saturated carbocycles. The predicted molar refractivity (Wildman–Crippen MR) is 108 cm³/mol. The molecule has 1 fully saturated rings. The molecule has 11 nitrogen and oxygen atoms in total. The number of pyridine rings is 1. The van der Waals surface area contributed by atoms with E-state index in [0.29, 0.717) is 18.1 Å². The zero-order valence-corrected chi connectivity index (χ0v) is 16.5. The smallest absolute Gasteiger partial charge is 0.415 e. The molecular formula is C20H17N9O2. The van der Waals surface area contributed by atoms with Crippen molar-refractivity contribution in [1.82, 2.24) is 40.2 Å². The van der Waals surface area contributed by atoms with Crippen molar-refractivity contribution in [3.63, 3.8) is 0 Å². The van der Waals surface area contributed by atoms with Gasteiger partial charge in [-0.05, 0) is 46.2 Å². The SMILES string of the molecule is Cn1nnnc1-c1ccc(-c2ccc3c(c2)C[C@H]2[C@H](Cn4ccnn4)OC(=O)N32)cn1. The number of hydrogen-bond donors (Lipinski definition) is 0. The number of carbonyl (C=O) groups is 1. The molecule has 4 aromatic rings. The minimum Gasteiger partial charge on any atom is -0.442 e. The van der Waals surface area contributed by atoms with E-state index >= 15 is 0 Å². The van der Waals surface area contributed by atoms with Crippen molar-refractivity contribution in [2.45, 2.75) is 25.1 Å². The molecule has 0 aliphatic carbocycles. The second-order valence-corrected chi connectivity index (χ2v) is 7.59. The van der Waals surface area contributed by atoms with Crippen LogP contribution in [-0.2, 0) is 24.8 Å². The Labute approximate surface area is 176 Å². The summed E-state index contributed by atoms with van der Waals surface area (Å²) in [6.45, 7) is 0.482. The van der Waals surface area contributed by atoms with Gasteiger partial charge in [-0.3, -0.25) is 9.88 Å². The summed E-state index contributed by atoms with van der Waals surface area (Å²) in [5, 5.41) is 19.3. The highest BCUT2D eigenvalue weighted by molar-refractivity contribution is 5.94. The van der Waals surface area contributed by atoms with Gasteiger partial charge in [0.25, 0.3) is 0 Å². The molecule has 11 heteroatoms. The molecule has 1 aromatic carbocycles. The van der Waals surface area contributed by atoms with Gasteiger partial charge in [-0.15, -0.1) is 10.2 Å². The number of amides is 1. The Hall–Kier alpha value is -4.15. The highest BCUT2D eigenvalue weighted by Gasteiger charge is 2.47. The molecule has 2 aliphatic heterocycles. The van der Waals surface area contributed by atoms with Gasteiger partial charge in [-0.25, -0.2) is 14.2 Å². The summed E-state index contributed by atoms with van der Waals surface area (Å²) < 4.78 is 8.87. The van der Waals surface area contributed by atoms with Crippen LogP contribution >= 0.6 is 0 Å². The molecule has 154 valence electrons. The number of tetrazole rings is 1. The molecule has 5 heterocycles. The number of rotatable bonds is 4. The summed E-state index contributed by atoms with van der Waals surface area (Å²) in [5.74, 6) is 0.609. The van der Waals surface area contributed by atoms with Crippen molar-refractivity contribution in [2.75, 3.05) is 4.90 Å². The molecule has 1 saturated heterocycles. The minimum atomic E-state index is -0.315. The van der Waals surface area contributed by atoms with Crippen molar-refractivity contribution in [2.24, 2.45) is 7.05 Å². The van der Waals surface area contributed by atoms with E-state index in [9.17, 15) is 4.79 Å². The third-order valence-corrected chi connectivity index (χ3v) is 5.76. The summed E-state index contributed by atoms with van der Waals surface area (Å²) in [7, 11) is 1.78. The fourth-order valence-electron chi connectivity index (χ4n) is 4.27. The van der Waals surface area contributed by atoms with Crippen LogP contribution in [0.1, 0.15) is 5.56 Å². The molecule has 2 aliphatic rings. The summed E-state index contributed by atoms with van der Waals surface area (Å²) in [6.07, 6.45) is 5.33. The standard InChI is InChI=1S/C20H17N9O2/c1-27-19(23-24-26-27)15-4-2-13(10-21-15)12-3-5-16-14(8-12)9-17-18(31-20(30)29(16)17)11-28-7-6-22-25-28/h2-8,10,17-18H,9,11H2,1H3/t17-,18-/m0/s1. The van der Waals surface area contributed by atoms with E-state index < -0.39 is 0 Å². The Balaban J connectivity index is 1.27. The first-order valence-corrected chi connectivity index (χ1v) is 9.83. The minimum absolute atomic E-state index is 0.0501. The number of ether oxygens (including phenoxy) is 1. The quantitative estimate of drug-likeness (QED) is 0.492. The molecule has 0 unspecified atom stereocenters. The van der Waals surface area contributed by atoms with Crippen LogP contribution in [0.3, 0.4) is 0 Å². The fraction of sp³-hybridized carbons (Fsp3) is 0.250. The molecule has 0 radical (unpaired) electrons. The van der Waals surface area contributed by atoms with E-state index in [1.807, 2.05) is 30.5 Å². The van der Waals surface area contributed by atoms with Crippen molar-refractivity contribution in [3.05, 3.63) is 54.5 Å². The number of aromatic nitrogens is 8. The van der Waals surface area contributed by atoms with E-state index in [1.165, 1.54) is 0 Å². The van der Waals surface area contributed by atoms with E-state index in [-0.39, 0.29) is 18.2 Å². The monoisotopic (exact) mass is 415 g/mol. The second-order valence-electron chi connectivity index (χ2n) is 7.59. The molecule has 2 atom stereocenters. The van der Waals surface area contributed by atoms with Crippen LogP contribution in [-0.4, -0.2) is 58.4 Å². The van der Waals surface area contributed by atoms with Crippen LogP contribution in [0.25, 0.3) is 22.6 Å². The average Bonchev–Trinajstić information content (AvgIpc) is 3.55. The van der Waals surface area contributed by atoms with E-state index in [2.05, 4.69) is 36.9 Å². The van der Waals surface area contributed by atoms with Crippen molar-refractivity contribution in [1.29, 1.82) is 0 Å². The topological polar surface area (TPSA) is 117 Å². The van der Waals surface area contributed by atoms with Crippen molar-refractivity contribution >= 4 is 11.8 Å². The van der Waals surface area contributed by atoms with Crippen molar-refractivity contribution in [3.8, 4) is 22.6 Å². The van der Waals surface area contributed by atoms with Crippen LogP contribution in [0.4, 0.5) is 10.5 Å². The van der Waals surface area contributed by atoms with Crippen LogP contribution in [0.2, 0.25) is 0 Å². The van der Waals surface area contributed by atoms with Gasteiger partial charge < -0.3 is 4.74 Å². The Morgan fingerprint density at radius 1 is 1.16 bits per heavy atom. The molecule has 3 aromatic heterocycles. The molecule has 0 spiro atoms. The third kappa shape index (κ3) is 2.85. The summed E-state index contributed by atoms with van der Waals surface area (Å²) in [6, 6.07) is 9.94. The summed E-state index contributed by atoms with van der Waals surface area (Å²) in [5.41, 5.74) is 4.74. The Kier molecular flexibility index (Phi) is 3.82. The summed E-state index contributed by atoms with van der Waals surface area (Å²) in [4.78, 5) is 18.8.